The highest BCUT2D eigenvalue weighted by molar-refractivity contribution is 6.34. The van der Waals surface area contributed by atoms with Crippen LogP contribution in [0, 0.1) is 0 Å². The fraction of sp³-hybridized carbons (Fsp3) is 0.238. The third-order valence-corrected chi connectivity index (χ3v) is 5.40. The molecule has 0 aliphatic carbocycles. The fourth-order valence-corrected chi connectivity index (χ4v) is 4.20. The van der Waals surface area contributed by atoms with E-state index >= 15 is 0 Å². The number of carbonyl (C=O) groups is 2. The Bertz CT molecular complexity index is 969. The van der Waals surface area contributed by atoms with Crippen LogP contribution in [0.2, 0.25) is 10.0 Å². The highest BCUT2D eigenvalue weighted by Crippen LogP contribution is 2.34. The van der Waals surface area contributed by atoms with Crippen LogP contribution in [0.3, 0.4) is 0 Å². The number of hydrogen-bond acceptors (Lipinski definition) is 3. The summed E-state index contributed by atoms with van der Waals surface area (Å²) in [6.45, 7) is 4.40. The first-order valence-corrected chi connectivity index (χ1v) is 9.67. The number of rotatable bonds is 4. The number of fused-ring (bicyclic) bond motifs is 1. The van der Waals surface area contributed by atoms with Gasteiger partial charge in [0, 0.05) is 26.9 Å². The highest BCUT2D eigenvalue weighted by atomic mass is 35.5. The minimum Gasteiger partial charge on any atom is -0.489 e. The van der Waals surface area contributed by atoms with E-state index in [2.05, 4.69) is 11.9 Å². The van der Waals surface area contributed by atoms with Gasteiger partial charge in [-0.3, -0.25) is 9.59 Å². The van der Waals surface area contributed by atoms with E-state index in [9.17, 15) is 9.59 Å². The van der Waals surface area contributed by atoms with Crippen molar-refractivity contribution in [2.45, 2.75) is 32.0 Å². The summed E-state index contributed by atoms with van der Waals surface area (Å²) in [4.78, 5) is 26.8. The molecule has 2 amide bonds. The molecular weight excluding hydrogens is 399 g/mol. The van der Waals surface area contributed by atoms with Gasteiger partial charge in [-0.2, -0.15) is 0 Å². The van der Waals surface area contributed by atoms with Gasteiger partial charge in [0.05, 0.1) is 6.54 Å². The lowest BCUT2D eigenvalue weighted by Crippen LogP contribution is -2.49. The maximum absolute atomic E-state index is 12.9. The Morgan fingerprint density at radius 2 is 1.93 bits per heavy atom. The predicted octanol–water partition coefficient (Wildman–Crippen LogP) is 4.32. The molecule has 0 bridgehead atoms. The maximum Gasteiger partial charge on any atom is 0.255 e. The standard InChI is InChI=1S/C21H18Cl2N2O3/c1-12-5-6-18(20(26)24-12)25-10-17-16(21(25)27)3-2-4-19(17)28-11-13-7-14(22)9-15(23)8-13/h2-4,7-9,18H,1,5-6,10-11H2,(H,24,26). The molecule has 1 fully saturated rings. The molecule has 1 unspecified atom stereocenters. The van der Waals surface area contributed by atoms with Crippen molar-refractivity contribution in [2.24, 2.45) is 0 Å². The zero-order valence-corrected chi connectivity index (χ0v) is 16.5. The van der Waals surface area contributed by atoms with Gasteiger partial charge in [-0.15, -0.1) is 0 Å². The molecule has 1 atom stereocenters. The fourth-order valence-electron chi connectivity index (χ4n) is 3.63. The molecule has 2 aromatic carbocycles. The Kier molecular flexibility index (Phi) is 5.04. The topological polar surface area (TPSA) is 58.6 Å². The molecule has 4 rings (SSSR count). The zero-order valence-electron chi connectivity index (χ0n) is 15.0. The number of nitrogens with zero attached hydrogens (tertiary/aromatic N) is 1. The summed E-state index contributed by atoms with van der Waals surface area (Å²) in [6, 6.07) is 10.1. The van der Waals surface area contributed by atoms with Crippen molar-refractivity contribution in [3.63, 3.8) is 0 Å². The first-order valence-electron chi connectivity index (χ1n) is 8.91. The zero-order chi connectivity index (χ0) is 19.8. The van der Waals surface area contributed by atoms with E-state index in [1.54, 1.807) is 35.2 Å². The minimum atomic E-state index is -0.495. The third-order valence-electron chi connectivity index (χ3n) is 4.97. The van der Waals surface area contributed by atoms with E-state index in [1.807, 2.05) is 6.07 Å². The van der Waals surface area contributed by atoms with Crippen molar-refractivity contribution in [3.8, 4) is 5.75 Å². The van der Waals surface area contributed by atoms with Gasteiger partial charge in [0.25, 0.3) is 5.91 Å². The monoisotopic (exact) mass is 416 g/mol. The first kappa shape index (κ1) is 18.8. The molecule has 144 valence electrons. The van der Waals surface area contributed by atoms with Crippen LogP contribution < -0.4 is 10.1 Å². The van der Waals surface area contributed by atoms with Gasteiger partial charge < -0.3 is 15.0 Å². The molecule has 1 N–H and O–H groups in total. The van der Waals surface area contributed by atoms with E-state index in [0.29, 0.717) is 46.4 Å². The number of amides is 2. The van der Waals surface area contributed by atoms with Crippen LogP contribution in [0.1, 0.15) is 34.3 Å². The lowest BCUT2D eigenvalue weighted by molar-refractivity contribution is -0.126. The van der Waals surface area contributed by atoms with E-state index in [1.165, 1.54) is 0 Å². The third kappa shape index (κ3) is 3.60. The quantitative estimate of drug-likeness (QED) is 0.806. The van der Waals surface area contributed by atoms with E-state index < -0.39 is 6.04 Å². The number of halogens is 2. The molecule has 2 aromatic rings. The van der Waals surface area contributed by atoms with Crippen LogP contribution in [0.15, 0.2) is 48.7 Å². The Morgan fingerprint density at radius 1 is 1.18 bits per heavy atom. The van der Waals surface area contributed by atoms with Gasteiger partial charge in [-0.05, 0) is 48.7 Å². The van der Waals surface area contributed by atoms with E-state index in [4.69, 9.17) is 27.9 Å². The van der Waals surface area contributed by atoms with Crippen molar-refractivity contribution < 1.29 is 14.3 Å². The summed E-state index contributed by atoms with van der Waals surface area (Å²) in [6.07, 6.45) is 1.23. The van der Waals surface area contributed by atoms with Gasteiger partial charge in [0.1, 0.15) is 18.4 Å². The normalized spacial score (nSPS) is 18.9. The summed E-state index contributed by atoms with van der Waals surface area (Å²) in [5, 5.41) is 3.82. The Labute approximate surface area is 172 Å². The molecule has 0 radical (unpaired) electrons. The van der Waals surface area contributed by atoms with Crippen molar-refractivity contribution in [3.05, 3.63) is 75.4 Å². The smallest absolute Gasteiger partial charge is 0.255 e. The van der Waals surface area contributed by atoms with Gasteiger partial charge in [0.2, 0.25) is 5.91 Å². The van der Waals surface area contributed by atoms with Gasteiger partial charge >= 0.3 is 0 Å². The summed E-state index contributed by atoms with van der Waals surface area (Å²) in [5.74, 6) is 0.275. The van der Waals surface area contributed by atoms with Gasteiger partial charge in [0.15, 0.2) is 0 Å². The Hall–Kier alpha value is -2.50. The summed E-state index contributed by atoms with van der Waals surface area (Å²) < 4.78 is 5.96. The molecule has 2 aliphatic heterocycles. The number of allylic oxidation sites excluding steroid dienone is 1. The lowest BCUT2D eigenvalue weighted by atomic mass is 10.0. The van der Waals surface area contributed by atoms with Crippen LogP contribution in [-0.2, 0) is 17.9 Å². The predicted molar refractivity (Wildman–Crippen MR) is 107 cm³/mol. The van der Waals surface area contributed by atoms with Crippen molar-refractivity contribution >= 4 is 35.0 Å². The molecule has 2 heterocycles. The number of nitrogens with one attached hydrogen (secondary N) is 1. The molecule has 7 heteroatoms. The maximum atomic E-state index is 12.9. The molecule has 0 aromatic heterocycles. The van der Waals surface area contributed by atoms with Crippen LogP contribution in [0.5, 0.6) is 5.75 Å². The second-order valence-electron chi connectivity index (χ2n) is 6.93. The molecule has 2 aliphatic rings. The second kappa shape index (κ2) is 7.49. The highest BCUT2D eigenvalue weighted by Gasteiger charge is 2.39. The minimum absolute atomic E-state index is 0.154. The van der Waals surface area contributed by atoms with Crippen LogP contribution in [0.4, 0.5) is 0 Å². The molecule has 5 nitrogen and oxygen atoms in total. The van der Waals surface area contributed by atoms with Crippen molar-refractivity contribution in [1.82, 2.24) is 10.2 Å². The number of carbonyl (C=O) groups excluding carboxylic acids is 2. The number of benzene rings is 2. The van der Waals surface area contributed by atoms with Gasteiger partial charge in [-0.1, -0.05) is 35.8 Å². The summed E-state index contributed by atoms with van der Waals surface area (Å²) in [5.41, 5.74) is 2.88. The SMILES string of the molecule is C=C1CCC(N2Cc3c(OCc4cc(Cl)cc(Cl)c4)cccc3C2=O)C(=O)N1. The Balaban J connectivity index is 1.54. The second-order valence-corrected chi connectivity index (χ2v) is 7.80. The molecule has 28 heavy (non-hydrogen) atoms. The molecule has 0 saturated carbocycles. The number of hydrogen-bond donors (Lipinski definition) is 1. The molecule has 1 saturated heterocycles. The lowest BCUT2D eigenvalue weighted by Gasteiger charge is -2.31. The van der Waals surface area contributed by atoms with Gasteiger partial charge in [-0.25, -0.2) is 0 Å². The molecular formula is C21H18Cl2N2O3. The van der Waals surface area contributed by atoms with Crippen LogP contribution >= 0.6 is 23.2 Å². The van der Waals surface area contributed by atoms with E-state index in [0.717, 1.165) is 11.1 Å². The van der Waals surface area contributed by atoms with Crippen molar-refractivity contribution in [2.75, 3.05) is 0 Å². The van der Waals surface area contributed by atoms with Crippen LogP contribution in [-0.4, -0.2) is 22.8 Å². The Morgan fingerprint density at radius 3 is 2.64 bits per heavy atom. The molecule has 0 spiro atoms. The average Bonchev–Trinajstić information content (AvgIpc) is 2.97. The largest absolute Gasteiger partial charge is 0.489 e. The number of ether oxygens (including phenoxy) is 1. The first-order chi connectivity index (χ1) is 13.4. The summed E-state index contributed by atoms with van der Waals surface area (Å²) >= 11 is 12.1. The van der Waals surface area contributed by atoms with Crippen LogP contribution in [0.25, 0.3) is 0 Å². The number of piperidine rings is 1. The van der Waals surface area contributed by atoms with Crippen molar-refractivity contribution in [1.29, 1.82) is 0 Å². The average molecular weight is 417 g/mol. The summed E-state index contributed by atoms with van der Waals surface area (Å²) in [7, 11) is 0. The van der Waals surface area contributed by atoms with E-state index in [-0.39, 0.29) is 18.4 Å².